The second-order valence-corrected chi connectivity index (χ2v) is 4.05. The molecule has 19 heavy (non-hydrogen) atoms. The molecular formula is C15H16N2O2. The largest absolute Gasteiger partial charge is 0.497 e. The van der Waals surface area contributed by atoms with E-state index in [-0.39, 0.29) is 0 Å². The van der Waals surface area contributed by atoms with Gasteiger partial charge in [0.25, 0.3) is 0 Å². The smallest absolute Gasteiger partial charge is 0.121 e. The fraction of sp³-hybridized carbons (Fsp3) is 0.200. The number of rotatable bonds is 4. The van der Waals surface area contributed by atoms with E-state index in [2.05, 4.69) is 10.2 Å². The zero-order chi connectivity index (χ0) is 13.7. The first-order valence-corrected chi connectivity index (χ1v) is 5.93. The number of benzene rings is 2. The van der Waals surface area contributed by atoms with Gasteiger partial charge in [0.15, 0.2) is 0 Å². The third kappa shape index (κ3) is 3.31. The van der Waals surface area contributed by atoms with Gasteiger partial charge in [0, 0.05) is 0 Å². The normalized spacial score (nSPS) is 10.7. The average Bonchev–Trinajstić information content (AvgIpc) is 2.46. The van der Waals surface area contributed by atoms with Crippen molar-refractivity contribution < 1.29 is 9.47 Å². The van der Waals surface area contributed by atoms with Crippen LogP contribution in [0.1, 0.15) is 5.56 Å². The van der Waals surface area contributed by atoms with E-state index < -0.39 is 0 Å². The van der Waals surface area contributed by atoms with E-state index in [9.17, 15) is 0 Å². The molecule has 4 nitrogen and oxygen atoms in total. The molecule has 4 heteroatoms. The molecule has 0 aliphatic heterocycles. The third-order valence-corrected chi connectivity index (χ3v) is 2.73. The second kappa shape index (κ2) is 6.00. The summed E-state index contributed by atoms with van der Waals surface area (Å²) < 4.78 is 10.3. The van der Waals surface area contributed by atoms with Crippen molar-refractivity contribution in [2.24, 2.45) is 10.2 Å². The standard InChI is InChI=1S/C15H16N2O2/c1-11-10-13(6-9-15(11)19-3)17-16-12-4-7-14(18-2)8-5-12/h4-10H,1-3H3. The minimum atomic E-state index is 0.786. The molecule has 0 amide bonds. The Morgan fingerprint density at radius 3 is 2.00 bits per heavy atom. The molecule has 0 aromatic heterocycles. The number of nitrogens with zero attached hydrogens (tertiary/aromatic N) is 2. The van der Waals surface area contributed by atoms with Gasteiger partial charge in [0.1, 0.15) is 11.5 Å². The molecular weight excluding hydrogens is 240 g/mol. The molecule has 0 spiro atoms. The molecule has 0 bridgehead atoms. The molecule has 0 radical (unpaired) electrons. The van der Waals surface area contributed by atoms with Gasteiger partial charge >= 0.3 is 0 Å². The number of ether oxygens (including phenoxy) is 2. The Morgan fingerprint density at radius 1 is 0.789 bits per heavy atom. The molecule has 2 aromatic carbocycles. The van der Waals surface area contributed by atoms with Crippen molar-refractivity contribution in [3.8, 4) is 11.5 Å². The van der Waals surface area contributed by atoms with Crippen LogP contribution in [0.5, 0.6) is 11.5 Å². The van der Waals surface area contributed by atoms with E-state index in [1.54, 1.807) is 14.2 Å². The van der Waals surface area contributed by atoms with Crippen molar-refractivity contribution in [3.05, 3.63) is 48.0 Å². The van der Waals surface area contributed by atoms with Gasteiger partial charge in [0.2, 0.25) is 0 Å². The van der Waals surface area contributed by atoms with Gasteiger partial charge < -0.3 is 9.47 Å². The molecule has 0 heterocycles. The molecule has 98 valence electrons. The number of aryl methyl sites for hydroxylation is 1. The minimum Gasteiger partial charge on any atom is -0.497 e. The van der Waals surface area contributed by atoms with Gasteiger partial charge in [-0.15, -0.1) is 0 Å². The highest BCUT2D eigenvalue weighted by Gasteiger charge is 1.99. The third-order valence-electron chi connectivity index (χ3n) is 2.73. The van der Waals surface area contributed by atoms with Gasteiger partial charge in [-0.05, 0) is 55.0 Å². The first kappa shape index (κ1) is 13.1. The van der Waals surface area contributed by atoms with Crippen LogP contribution in [0.15, 0.2) is 52.7 Å². The first-order valence-electron chi connectivity index (χ1n) is 5.93. The van der Waals surface area contributed by atoms with Crippen LogP contribution in [-0.4, -0.2) is 14.2 Å². The molecule has 0 fully saturated rings. The Hall–Kier alpha value is -2.36. The lowest BCUT2D eigenvalue weighted by atomic mass is 10.2. The molecule has 0 saturated carbocycles. The van der Waals surface area contributed by atoms with E-state index >= 15 is 0 Å². The van der Waals surface area contributed by atoms with Crippen LogP contribution in [0.2, 0.25) is 0 Å². The number of hydrogen-bond acceptors (Lipinski definition) is 4. The summed E-state index contributed by atoms with van der Waals surface area (Å²) in [6, 6.07) is 13.1. The van der Waals surface area contributed by atoms with Crippen LogP contribution in [0.3, 0.4) is 0 Å². The Kier molecular flexibility index (Phi) is 4.13. The monoisotopic (exact) mass is 256 g/mol. The number of azo groups is 1. The predicted octanol–water partition coefficient (Wildman–Crippen LogP) is 4.43. The summed E-state index contributed by atoms with van der Waals surface area (Å²) in [4.78, 5) is 0. The second-order valence-electron chi connectivity index (χ2n) is 4.05. The summed E-state index contributed by atoms with van der Waals surface area (Å²) in [6.07, 6.45) is 0. The Labute approximate surface area is 112 Å². The fourth-order valence-electron chi connectivity index (χ4n) is 1.69. The lowest BCUT2D eigenvalue weighted by Gasteiger charge is -2.03. The van der Waals surface area contributed by atoms with Gasteiger partial charge in [-0.1, -0.05) is 0 Å². The summed E-state index contributed by atoms with van der Waals surface area (Å²) in [6.45, 7) is 1.98. The molecule has 2 aromatic rings. The average molecular weight is 256 g/mol. The predicted molar refractivity (Wildman–Crippen MR) is 74.9 cm³/mol. The fourth-order valence-corrected chi connectivity index (χ4v) is 1.69. The lowest BCUT2D eigenvalue weighted by molar-refractivity contribution is 0.412. The summed E-state index contributed by atoms with van der Waals surface area (Å²) in [5.41, 5.74) is 2.62. The topological polar surface area (TPSA) is 43.2 Å². The molecule has 0 aliphatic carbocycles. The van der Waals surface area contributed by atoms with Crippen LogP contribution in [0.4, 0.5) is 11.4 Å². The van der Waals surface area contributed by atoms with Crippen molar-refractivity contribution in [3.63, 3.8) is 0 Å². The van der Waals surface area contributed by atoms with E-state index in [0.29, 0.717) is 0 Å². The summed E-state index contributed by atoms with van der Waals surface area (Å²) in [7, 11) is 3.29. The molecule has 0 aliphatic rings. The van der Waals surface area contributed by atoms with Crippen LogP contribution in [0.25, 0.3) is 0 Å². The van der Waals surface area contributed by atoms with Gasteiger partial charge in [-0.3, -0.25) is 0 Å². The first-order chi connectivity index (χ1) is 9.22. The Balaban J connectivity index is 2.15. The van der Waals surface area contributed by atoms with Crippen molar-refractivity contribution in [1.82, 2.24) is 0 Å². The number of methoxy groups -OCH3 is 2. The van der Waals surface area contributed by atoms with Crippen LogP contribution in [0, 0.1) is 6.92 Å². The summed E-state index contributed by atoms with van der Waals surface area (Å²) in [5.74, 6) is 1.66. The molecule has 0 saturated heterocycles. The number of hydrogen-bond donors (Lipinski definition) is 0. The van der Waals surface area contributed by atoms with Crippen molar-refractivity contribution >= 4 is 11.4 Å². The minimum absolute atomic E-state index is 0.786. The molecule has 0 unspecified atom stereocenters. The summed E-state index contributed by atoms with van der Waals surface area (Å²) in [5, 5.41) is 8.37. The van der Waals surface area contributed by atoms with Gasteiger partial charge in [0.05, 0.1) is 25.6 Å². The maximum Gasteiger partial charge on any atom is 0.121 e. The maximum atomic E-state index is 5.20. The van der Waals surface area contributed by atoms with Gasteiger partial charge in [-0.25, -0.2) is 0 Å². The summed E-state index contributed by atoms with van der Waals surface area (Å²) >= 11 is 0. The van der Waals surface area contributed by atoms with E-state index in [0.717, 1.165) is 28.4 Å². The maximum absolute atomic E-state index is 5.20. The zero-order valence-corrected chi connectivity index (χ0v) is 11.3. The van der Waals surface area contributed by atoms with Crippen LogP contribution >= 0.6 is 0 Å². The highest BCUT2D eigenvalue weighted by Crippen LogP contribution is 2.25. The van der Waals surface area contributed by atoms with E-state index in [1.165, 1.54) is 0 Å². The van der Waals surface area contributed by atoms with Crippen molar-refractivity contribution in [2.75, 3.05) is 14.2 Å². The van der Waals surface area contributed by atoms with Crippen LogP contribution < -0.4 is 9.47 Å². The highest BCUT2D eigenvalue weighted by molar-refractivity contribution is 5.47. The lowest BCUT2D eigenvalue weighted by Crippen LogP contribution is -1.85. The molecule has 2 rings (SSSR count). The molecule has 0 atom stereocenters. The Morgan fingerprint density at radius 2 is 1.42 bits per heavy atom. The van der Waals surface area contributed by atoms with E-state index in [4.69, 9.17) is 9.47 Å². The quantitative estimate of drug-likeness (QED) is 0.759. The van der Waals surface area contributed by atoms with Crippen LogP contribution in [-0.2, 0) is 0 Å². The zero-order valence-electron chi connectivity index (χ0n) is 11.3. The highest BCUT2D eigenvalue weighted by atomic mass is 16.5. The van der Waals surface area contributed by atoms with E-state index in [1.807, 2.05) is 49.4 Å². The van der Waals surface area contributed by atoms with Gasteiger partial charge in [-0.2, -0.15) is 10.2 Å². The van der Waals surface area contributed by atoms with Crippen molar-refractivity contribution in [1.29, 1.82) is 0 Å². The molecule has 0 N–H and O–H groups in total. The Bertz CT molecular complexity index is 577. The SMILES string of the molecule is COc1ccc(N=Nc2ccc(OC)c(C)c2)cc1. The van der Waals surface area contributed by atoms with Crippen molar-refractivity contribution in [2.45, 2.75) is 6.92 Å².